The molecule has 1 fully saturated rings. The number of carbonyl (C=O) groups is 1. The molecule has 0 amide bonds. The Kier molecular flexibility index (Phi) is 3.38. The van der Waals surface area contributed by atoms with E-state index in [-0.39, 0.29) is 12.2 Å². The van der Waals surface area contributed by atoms with E-state index in [1.54, 1.807) is 0 Å². The normalized spacial score (nSPS) is 25.7. The first-order valence-corrected chi connectivity index (χ1v) is 4.35. The van der Waals surface area contributed by atoms with Gasteiger partial charge in [0.2, 0.25) is 0 Å². The summed E-state index contributed by atoms with van der Waals surface area (Å²) in [7, 11) is 0. The van der Waals surface area contributed by atoms with Crippen LogP contribution in [0.4, 0.5) is 13.2 Å². The second-order valence-corrected chi connectivity index (χ2v) is 3.38. The van der Waals surface area contributed by atoms with Crippen LogP contribution in [-0.4, -0.2) is 31.5 Å². The van der Waals surface area contributed by atoms with E-state index in [9.17, 15) is 18.0 Å². The Labute approximate surface area is 84.8 Å². The topological polar surface area (TPSA) is 35.5 Å². The quantitative estimate of drug-likeness (QED) is 0.502. The average Bonchev–Trinajstić information content (AvgIpc) is 2.28. The van der Waals surface area contributed by atoms with Crippen molar-refractivity contribution in [2.75, 3.05) is 13.2 Å². The number of cyclic esters (lactones) is 1. The first kappa shape index (κ1) is 12.0. The third-order valence-electron chi connectivity index (χ3n) is 2.21. The van der Waals surface area contributed by atoms with E-state index >= 15 is 0 Å². The zero-order valence-electron chi connectivity index (χ0n) is 8.13. The first-order valence-electron chi connectivity index (χ1n) is 4.35. The van der Waals surface area contributed by atoms with Crippen molar-refractivity contribution in [2.45, 2.75) is 19.2 Å². The summed E-state index contributed by atoms with van der Waals surface area (Å²) in [4.78, 5) is 10.9. The Hall–Kier alpha value is -1.04. The summed E-state index contributed by atoms with van der Waals surface area (Å²) in [6.45, 7) is 3.71. The van der Waals surface area contributed by atoms with E-state index in [4.69, 9.17) is 4.74 Å². The lowest BCUT2D eigenvalue weighted by Crippen LogP contribution is -2.36. The lowest BCUT2D eigenvalue weighted by Gasteiger charge is -2.23. The second kappa shape index (κ2) is 4.22. The average molecular weight is 224 g/mol. The van der Waals surface area contributed by atoms with Crippen LogP contribution in [0.25, 0.3) is 0 Å². The van der Waals surface area contributed by atoms with Crippen LogP contribution in [0.2, 0.25) is 0 Å². The fraction of sp³-hybridized carbons (Fsp3) is 0.667. The zero-order valence-corrected chi connectivity index (χ0v) is 8.13. The second-order valence-electron chi connectivity index (χ2n) is 3.38. The molecule has 15 heavy (non-hydrogen) atoms. The lowest BCUT2D eigenvalue weighted by atomic mass is 10.1. The Morgan fingerprint density at radius 1 is 1.53 bits per heavy atom. The number of halogens is 3. The fourth-order valence-corrected chi connectivity index (χ4v) is 1.07. The molecule has 0 aliphatic carbocycles. The summed E-state index contributed by atoms with van der Waals surface area (Å²) >= 11 is 0. The summed E-state index contributed by atoms with van der Waals surface area (Å²) in [6.07, 6.45) is -5.52. The van der Waals surface area contributed by atoms with Gasteiger partial charge in [-0.25, -0.2) is 4.79 Å². The van der Waals surface area contributed by atoms with Crippen LogP contribution in [0.5, 0.6) is 0 Å². The molecule has 1 aliphatic heterocycles. The van der Waals surface area contributed by atoms with Gasteiger partial charge >= 0.3 is 12.1 Å². The number of hydrogen-bond donors (Lipinski definition) is 0. The highest BCUT2D eigenvalue weighted by Gasteiger charge is 2.43. The molecule has 2 unspecified atom stereocenters. The van der Waals surface area contributed by atoms with Gasteiger partial charge in [0.15, 0.2) is 0 Å². The number of ether oxygens (including phenoxy) is 2. The Bertz CT molecular complexity index is 254. The van der Waals surface area contributed by atoms with Gasteiger partial charge in [0.05, 0.1) is 18.1 Å². The van der Waals surface area contributed by atoms with E-state index in [0.29, 0.717) is 0 Å². The molecule has 0 N–H and O–H groups in total. The molecule has 3 nitrogen and oxygen atoms in total. The van der Waals surface area contributed by atoms with Gasteiger partial charge in [0.1, 0.15) is 12.7 Å². The van der Waals surface area contributed by atoms with Gasteiger partial charge < -0.3 is 9.47 Å². The van der Waals surface area contributed by atoms with Crippen LogP contribution in [0.1, 0.15) is 6.92 Å². The highest BCUT2D eigenvalue weighted by molar-refractivity contribution is 5.88. The van der Waals surface area contributed by atoms with Crippen molar-refractivity contribution in [1.82, 2.24) is 0 Å². The highest BCUT2D eigenvalue weighted by atomic mass is 19.4. The number of rotatable bonds is 1. The standard InChI is InChI=1S/C9H11F3O3/c1-5-3-14-7(4-15-8(5)13)6(2)9(10,11)12/h6-7H,1,3-4H2,2H3. The summed E-state index contributed by atoms with van der Waals surface area (Å²) in [5.74, 6) is -2.37. The molecule has 0 aromatic rings. The fourth-order valence-electron chi connectivity index (χ4n) is 1.07. The van der Waals surface area contributed by atoms with Crippen LogP contribution >= 0.6 is 0 Å². The molecule has 0 radical (unpaired) electrons. The minimum Gasteiger partial charge on any atom is -0.460 e. The largest absolute Gasteiger partial charge is 0.460 e. The van der Waals surface area contributed by atoms with Gasteiger partial charge in [-0.3, -0.25) is 0 Å². The number of alkyl halides is 3. The molecule has 0 bridgehead atoms. The molecule has 86 valence electrons. The molecule has 2 atom stereocenters. The Balaban J connectivity index is 2.65. The highest BCUT2D eigenvalue weighted by Crippen LogP contribution is 2.30. The van der Waals surface area contributed by atoms with Crippen molar-refractivity contribution in [2.24, 2.45) is 5.92 Å². The summed E-state index contributed by atoms with van der Waals surface area (Å²) < 4.78 is 46.4. The number of esters is 1. The lowest BCUT2D eigenvalue weighted by molar-refractivity contribution is -0.205. The van der Waals surface area contributed by atoms with Crippen LogP contribution < -0.4 is 0 Å². The van der Waals surface area contributed by atoms with Crippen LogP contribution in [0.3, 0.4) is 0 Å². The molecule has 0 spiro atoms. The van der Waals surface area contributed by atoms with Gasteiger partial charge in [0.25, 0.3) is 0 Å². The van der Waals surface area contributed by atoms with E-state index < -0.39 is 30.8 Å². The molecule has 1 heterocycles. The third kappa shape index (κ3) is 2.95. The Morgan fingerprint density at radius 2 is 2.13 bits per heavy atom. The molecular weight excluding hydrogens is 213 g/mol. The molecule has 0 aromatic carbocycles. The molecule has 0 saturated carbocycles. The smallest absolute Gasteiger partial charge is 0.394 e. The van der Waals surface area contributed by atoms with Gasteiger partial charge in [0, 0.05) is 0 Å². The van der Waals surface area contributed by atoms with Gasteiger partial charge in [-0.05, 0) is 0 Å². The van der Waals surface area contributed by atoms with Crippen LogP contribution in [0.15, 0.2) is 12.2 Å². The van der Waals surface area contributed by atoms with E-state index in [1.165, 1.54) is 0 Å². The molecule has 1 saturated heterocycles. The van der Waals surface area contributed by atoms with Gasteiger partial charge in [-0.2, -0.15) is 13.2 Å². The first-order chi connectivity index (χ1) is 6.82. The Morgan fingerprint density at radius 3 is 2.67 bits per heavy atom. The monoisotopic (exact) mass is 224 g/mol. The number of carbonyl (C=O) groups excluding carboxylic acids is 1. The molecule has 0 aromatic heterocycles. The van der Waals surface area contributed by atoms with Crippen molar-refractivity contribution >= 4 is 5.97 Å². The van der Waals surface area contributed by atoms with Gasteiger partial charge in [-0.1, -0.05) is 13.5 Å². The van der Waals surface area contributed by atoms with Gasteiger partial charge in [-0.15, -0.1) is 0 Å². The van der Waals surface area contributed by atoms with Crippen molar-refractivity contribution in [3.63, 3.8) is 0 Å². The minimum absolute atomic E-state index is 0.0341. The molecular formula is C9H11F3O3. The van der Waals surface area contributed by atoms with Crippen LogP contribution in [-0.2, 0) is 14.3 Å². The third-order valence-corrected chi connectivity index (χ3v) is 2.21. The predicted octanol–water partition coefficient (Wildman–Crippen LogP) is 1.68. The van der Waals surface area contributed by atoms with Crippen molar-refractivity contribution < 1.29 is 27.4 Å². The summed E-state index contributed by atoms with van der Waals surface area (Å²) in [6, 6.07) is 0. The van der Waals surface area contributed by atoms with E-state index in [0.717, 1.165) is 6.92 Å². The zero-order chi connectivity index (χ0) is 11.6. The van der Waals surface area contributed by atoms with Crippen molar-refractivity contribution in [3.05, 3.63) is 12.2 Å². The summed E-state index contributed by atoms with van der Waals surface area (Å²) in [5.41, 5.74) is 0.0341. The minimum atomic E-state index is -4.36. The maximum atomic E-state index is 12.3. The molecule has 1 rings (SSSR count). The van der Waals surface area contributed by atoms with E-state index in [2.05, 4.69) is 11.3 Å². The van der Waals surface area contributed by atoms with Crippen molar-refractivity contribution in [1.29, 1.82) is 0 Å². The summed E-state index contributed by atoms with van der Waals surface area (Å²) in [5, 5.41) is 0. The number of hydrogen-bond acceptors (Lipinski definition) is 3. The predicted molar refractivity (Wildman–Crippen MR) is 45.1 cm³/mol. The molecule has 6 heteroatoms. The van der Waals surface area contributed by atoms with Crippen LogP contribution in [0, 0.1) is 5.92 Å². The van der Waals surface area contributed by atoms with E-state index in [1.807, 2.05) is 0 Å². The van der Waals surface area contributed by atoms with Crippen molar-refractivity contribution in [3.8, 4) is 0 Å². The SMILES string of the molecule is C=C1COC(C(C)C(F)(F)F)COC1=O. The maximum absolute atomic E-state index is 12.3. The molecule has 1 aliphatic rings. The maximum Gasteiger partial charge on any atom is 0.394 e.